The number of unbranched alkanes of at least 4 members (excludes halogenated alkanes) is 2. The highest BCUT2D eigenvalue weighted by molar-refractivity contribution is 5.86. The average molecular weight is 440 g/mol. The highest BCUT2D eigenvalue weighted by Crippen LogP contribution is 2.59. The summed E-state index contributed by atoms with van der Waals surface area (Å²) in [6.45, 7) is 4.71. The van der Waals surface area contributed by atoms with Gasteiger partial charge in [-0.25, -0.2) is 0 Å². The molecule has 32 heavy (non-hydrogen) atoms. The molecule has 0 amide bonds. The summed E-state index contributed by atoms with van der Waals surface area (Å²) < 4.78 is 11.5. The van der Waals surface area contributed by atoms with Gasteiger partial charge in [0.1, 0.15) is 6.79 Å². The first kappa shape index (κ1) is 23.7. The van der Waals surface area contributed by atoms with Crippen LogP contribution in [0.2, 0.25) is 0 Å². The van der Waals surface area contributed by atoms with Crippen molar-refractivity contribution in [1.82, 2.24) is 4.90 Å². The summed E-state index contributed by atoms with van der Waals surface area (Å²) in [6, 6.07) is 15.7. The normalized spacial score (nSPS) is 30.0. The van der Waals surface area contributed by atoms with Gasteiger partial charge in [-0.2, -0.15) is 0 Å². The Hall–Kier alpha value is -1.46. The van der Waals surface area contributed by atoms with Crippen LogP contribution in [-0.2, 0) is 9.47 Å². The van der Waals surface area contributed by atoms with Crippen LogP contribution in [0.3, 0.4) is 0 Å². The van der Waals surface area contributed by atoms with Gasteiger partial charge in [0, 0.05) is 19.1 Å². The fraction of sp³-hybridized carbons (Fsp3) is 0.643. The number of likely N-dealkylation sites (N-methyl/N-ethyl adjacent to an activating group) is 1. The Kier molecular flexibility index (Phi) is 7.26. The predicted molar refractivity (Wildman–Crippen MR) is 131 cm³/mol. The van der Waals surface area contributed by atoms with Gasteiger partial charge in [-0.1, -0.05) is 75.6 Å². The van der Waals surface area contributed by atoms with Crippen LogP contribution in [0.5, 0.6) is 0 Å². The highest BCUT2D eigenvalue weighted by Gasteiger charge is 2.65. The van der Waals surface area contributed by atoms with Crippen molar-refractivity contribution < 1.29 is 14.6 Å². The van der Waals surface area contributed by atoms with Gasteiger partial charge in [0.25, 0.3) is 0 Å². The smallest absolute Gasteiger partial charge is 0.146 e. The molecule has 5 unspecified atom stereocenters. The van der Waals surface area contributed by atoms with E-state index in [1.165, 1.54) is 16.3 Å². The third-order valence-corrected chi connectivity index (χ3v) is 8.58. The number of rotatable bonds is 10. The molecule has 0 aromatic heterocycles. The molecule has 2 aromatic rings. The highest BCUT2D eigenvalue weighted by atomic mass is 16.7. The number of nitrogens with zero attached hydrogens (tertiary/aromatic N) is 1. The maximum Gasteiger partial charge on any atom is 0.146 e. The standard InChI is InChI=1S/C28H41NO3/c1-5-7-10-18-27(30,6-2)28-19-26(32-20-31-4)25(29(28)3)17-16-24(28)23-15-11-13-21-12-8-9-14-22(21)23/h8-9,11-15,24-26,30H,5-7,10,16-20H2,1-4H3. The number of methoxy groups -OCH3 is 1. The number of aliphatic hydroxyl groups is 1. The van der Waals surface area contributed by atoms with E-state index >= 15 is 0 Å². The molecule has 4 nitrogen and oxygen atoms in total. The Bertz CT molecular complexity index is 896. The van der Waals surface area contributed by atoms with Crippen molar-refractivity contribution in [2.75, 3.05) is 21.0 Å². The van der Waals surface area contributed by atoms with E-state index in [1.54, 1.807) is 7.11 Å². The van der Waals surface area contributed by atoms with Crippen molar-refractivity contribution in [3.8, 4) is 0 Å². The minimum absolute atomic E-state index is 0.0872. The van der Waals surface area contributed by atoms with E-state index in [0.717, 1.165) is 51.4 Å². The first-order chi connectivity index (χ1) is 15.5. The largest absolute Gasteiger partial charge is 0.388 e. The van der Waals surface area contributed by atoms with Crippen LogP contribution in [0.25, 0.3) is 10.8 Å². The maximum atomic E-state index is 12.4. The van der Waals surface area contributed by atoms with E-state index in [0.29, 0.717) is 12.8 Å². The zero-order valence-electron chi connectivity index (χ0n) is 20.3. The molecule has 0 radical (unpaired) electrons. The second kappa shape index (κ2) is 9.80. The van der Waals surface area contributed by atoms with Crippen LogP contribution in [0.15, 0.2) is 42.5 Å². The lowest BCUT2D eigenvalue weighted by atomic mass is 9.61. The molecule has 1 N–H and O–H groups in total. The van der Waals surface area contributed by atoms with Crippen molar-refractivity contribution in [2.45, 2.75) is 94.4 Å². The van der Waals surface area contributed by atoms with Crippen molar-refractivity contribution >= 4 is 10.8 Å². The minimum atomic E-state index is -0.762. The molecule has 2 heterocycles. The summed E-state index contributed by atoms with van der Waals surface area (Å²) in [6.07, 6.45) is 8.07. The van der Waals surface area contributed by atoms with Gasteiger partial charge in [-0.05, 0) is 55.5 Å². The van der Waals surface area contributed by atoms with Crippen LogP contribution < -0.4 is 0 Å². The second-order valence-corrected chi connectivity index (χ2v) is 9.96. The molecule has 2 fully saturated rings. The summed E-state index contributed by atoms with van der Waals surface area (Å²) in [4.78, 5) is 2.51. The monoisotopic (exact) mass is 439 g/mol. The lowest BCUT2D eigenvalue weighted by Gasteiger charge is -2.57. The minimum Gasteiger partial charge on any atom is -0.388 e. The molecule has 0 aliphatic carbocycles. The lowest BCUT2D eigenvalue weighted by Crippen LogP contribution is -2.66. The topological polar surface area (TPSA) is 41.9 Å². The fourth-order valence-electron chi connectivity index (χ4n) is 6.98. The Morgan fingerprint density at radius 2 is 1.88 bits per heavy atom. The zero-order chi connectivity index (χ0) is 22.8. The maximum absolute atomic E-state index is 12.4. The molecule has 4 heteroatoms. The van der Waals surface area contributed by atoms with Gasteiger partial charge >= 0.3 is 0 Å². The number of ether oxygens (including phenoxy) is 2. The Balaban J connectivity index is 1.83. The molecule has 2 aliphatic heterocycles. The van der Waals surface area contributed by atoms with Crippen molar-refractivity contribution in [3.05, 3.63) is 48.0 Å². The number of fused-ring (bicyclic) bond motifs is 3. The molecule has 5 atom stereocenters. The summed E-state index contributed by atoms with van der Waals surface area (Å²) in [5, 5.41) is 15.0. The van der Waals surface area contributed by atoms with E-state index in [4.69, 9.17) is 9.47 Å². The molecular weight excluding hydrogens is 398 g/mol. The quantitative estimate of drug-likeness (QED) is 0.371. The van der Waals surface area contributed by atoms with Crippen molar-refractivity contribution in [1.29, 1.82) is 0 Å². The van der Waals surface area contributed by atoms with Crippen LogP contribution in [-0.4, -0.2) is 54.2 Å². The van der Waals surface area contributed by atoms with Crippen molar-refractivity contribution in [3.63, 3.8) is 0 Å². The van der Waals surface area contributed by atoms with E-state index in [-0.39, 0.29) is 17.6 Å². The molecule has 4 rings (SSSR count). The van der Waals surface area contributed by atoms with E-state index in [9.17, 15) is 5.11 Å². The summed E-state index contributed by atoms with van der Waals surface area (Å²) in [5.41, 5.74) is 0.270. The molecular formula is C28H41NO3. The SMILES string of the molecule is CCCCCC(O)(CC)C12CC(OCOC)C(CCC1c1cccc3ccccc13)N2C. The lowest BCUT2D eigenvalue weighted by molar-refractivity contribution is -0.132. The van der Waals surface area contributed by atoms with Gasteiger partial charge in [-0.15, -0.1) is 0 Å². The first-order valence-corrected chi connectivity index (χ1v) is 12.6. The third kappa shape index (κ3) is 3.79. The van der Waals surface area contributed by atoms with Crippen LogP contribution >= 0.6 is 0 Å². The molecule has 2 aliphatic rings. The van der Waals surface area contributed by atoms with Crippen LogP contribution in [0, 0.1) is 0 Å². The number of piperidine rings is 1. The average Bonchev–Trinajstić information content (AvgIpc) is 2.99. The zero-order valence-corrected chi connectivity index (χ0v) is 20.3. The van der Waals surface area contributed by atoms with E-state index < -0.39 is 5.60 Å². The third-order valence-electron chi connectivity index (χ3n) is 8.58. The predicted octanol–water partition coefficient (Wildman–Crippen LogP) is 5.87. The molecule has 2 aromatic carbocycles. The summed E-state index contributed by atoms with van der Waals surface area (Å²) in [5.74, 6) is 0.262. The van der Waals surface area contributed by atoms with Crippen LogP contribution in [0.1, 0.15) is 76.7 Å². The van der Waals surface area contributed by atoms with E-state index in [2.05, 4.69) is 68.3 Å². The molecule has 2 saturated heterocycles. The number of hydrogen-bond donors (Lipinski definition) is 1. The Morgan fingerprint density at radius 1 is 1.09 bits per heavy atom. The summed E-state index contributed by atoms with van der Waals surface area (Å²) in [7, 11) is 3.92. The second-order valence-electron chi connectivity index (χ2n) is 9.96. The molecule has 2 bridgehead atoms. The van der Waals surface area contributed by atoms with Gasteiger partial charge in [0.2, 0.25) is 0 Å². The molecule has 176 valence electrons. The number of benzene rings is 2. The van der Waals surface area contributed by atoms with Gasteiger partial charge in [0.15, 0.2) is 0 Å². The van der Waals surface area contributed by atoms with E-state index in [1.807, 2.05) is 0 Å². The Labute approximate surface area is 193 Å². The first-order valence-electron chi connectivity index (χ1n) is 12.6. The number of hydrogen-bond acceptors (Lipinski definition) is 4. The van der Waals surface area contributed by atoms with Gasteiger partial charge in [-0.3, -0.25) is 4.90 Å². The van der Waals surface area contributed by atoms with Crippen LogP contribution in [0.4, 0.5) is 0 Å². The van der Waals surface area contributed by atoms with Gasteiger partial charge < -0.3 is 14.6 Å². The van der Waals surface area contributed by atoms with Gasteiger partial charge in [0.05, 0.1) is 17.2 Å². The summed E-state index contributed by atoms with van der Waals surface area (Å²) >= 11 is 0. The van der Waals surface area contributed by atoms with Crippen molar-refractivity contribution in [2.24, 2.45) is 0 Å². The fourth-order valence-corrected chi connectivity index (χ4v) is 6.98. The Morgan fingerprint density at radius 3 is 2.62 bits per heavy atom. The molecule has 0 spiro atoms. The molecule has 0 saturated carbocycles.